The van der Waals surface area contributed by atoms with Gasteiger partial charge in [0.15, 0.2) is 0 Å². The molecule has 2 atom stereocenters. The third-order valence-electron chi connectivity index (χ3n) is 3.12. The predicted molar refractivity (Wildman–Crippen MR) is 67.2 cm³/mol. The van der Waals surface area contributed by atoms with E-state index in [9.17, 15) is 4.39 Å². The standard InChI is InChI=1S/C13H19ClFN/c1-4-9(2)10(3)16-8-11-7-12(14)5-6-13(11)15/h5-7,9-10,16H,4,8H2,1-3H3. The lowest BCUT2D eigenvalue weighted by Gasteiger charge is -2.20. The third-order valence-corrected chi connectivity index (χ3v) is 3.35. The maximum atomic E-state index is 13.4. The minimum Gasteiger partial charge on any atom is -0.310 e. The molecular formula is C13H19ClFN. The second kappa shape index (κ2) is 6.21. The lowest BCUT2D eigenvalue weighted by atomic mass is 10.0. The first-order valence-electron chi connectivity index (χ1n) is 5.72. The Labute approximate surface area is 102 Å². The Morgan fingerprint density at radius 2 is 2.06 bits per heavy atom. The fraction of sp³-hybridized carbons (Fsp3) is 0.538. The molecule has 1 rings (SSSR count). The molecule has 3 heteroatoms. The first-order chi connectivity index (χ1) is 7.54. The van der Waals surface area contributed by atoms with Crippen molar-refractivity contribution < 1.29 is 4.39 Å². The van der Waals surface area contributed by atoms with E-state index in [2.05, 4.69) is 26.1 Å². The Bertz CT molecular complexity index is 341. The van der Waals surface area contributed by atoms with Crippen molar-refractivity contribution in [2.24, 2.45) is 5.92 Å². The smallest absolute Gasteiger partial charge is 0.127 e. The van der Waals surface area contributed by atoms with Gasteiger partial charge in [-0.3, -0.25) is 0 Å². The highest BCUT2D eigenvalue weighted by Crippen LogP contribution is 2.15. The van der Waals surface area contributed by atoms with Gasteiger partial charge in [0, 0.05) is 23.2 Å². The average Bonchev–Trinajstić information content (AvgIpc) is 2.28. The Balaban J connectivity index is 2.57. The topological polar surface area (TPSA) is 12.0 Å². The molecule has 0 saturated carbocycles. The monoisotopic (exact) mass is 243 g/mol. The van der Waals surface area contributed by atoms with Gasteiger partial charge >= 0.3 is 0 Å². The highest BCUT2D eigenvalue weighted by molar-refractivity contribution is 6.30. The highest BCUT2D eigenvalue weighted by Gasteiger charge is 2.10. The van der Waals surface area contributed by atoms with E-state index < -0.39 is 0 Å². The van der Waals surface area contributed by atoms with Gasteiger partial charge < -0.3 is 5.32 Å². The van der Waals surface area contributed by atoms with Crippen LogP contribution in [-0.2, 0) is 6.54 Å². The molecule has 0 aliphatic carbocycles. The van der Waals surface area contributed by atoms with Crippen molar-refractivity contribution in [3.63, 3.8) is 0 Å². The van der Waals surface area contributed by atoms with Gasteiger partial charge in [0.1, 0.15) is 5.82 Å². The van der Waals surface area contributed by atoms with Crippen LogP contribution in [0.2, 0.25) is 5.02 Å². The molecule has 0 saturated heterocycles. The zero-order valence-corrected chi connectivity index (χ0v) is 10.8. The van der Waals surface area contributed by atoms with Crippen molar-refractivity contribution in [1.29, 1.82) is 0 Å². The Morgan fingerprint density at radius 3 is 2.69 bits per heavy atom. The first-order valence-corrected chi connectivity index (χ1v) is 6.09. The molecule has 0 amide bonds. The van der Waals surface area contributed by atoms with E-state index >= 15 is 0 Å². The Hall–Kier alpha value is -0.600. The molecule has 0 heterocycles. The van der Waals surface area contributed by atoms with Gasteiger partial charge in [-0.15, -0.1) is 0 Å². The maximum absolute atomic E-state index is 13.4. The highest BCUT2D eigenvalue weighted by atomic mass is 35.5. The van der Waals surface area contributed by atoms with E-state index in [1.807, 2.05) is 0 Å². The van der Waals surface area contributed by atoms with Gasteiger partial charge in [0.25, 0.3) is 0 Å². The SMILES string of the molecule is CCC(C)C(C)NCc1cc(Cl)ccc1F. The van der Waals surface area contributed by atoms with Crippen molar-refractivity contribution in [2.75, 3.05) is 0 Å². The summed E-state index contributed by atoms with van der Waals surface area (Å²) in [6, 6.07) is 5.03. The van der Waals surface area contributed by atoms with Crippen LogP contribution in [0.15, 0.2) is 18.2 Å². The van der Waals surface area contributed by atoms with Crippen molar-refractivity contribution in [1.82, 2.24) is 5.32 Å². The van der Waals surface area contributed by atoms with Crippen molar-refractivity contribution in [3.8, 4) is 0 Å². The van der Waals surface area contributed by atoms with Crippen LogP contribution in [0.3, 0.4) is 0 Å². The van der Waals surface area contributed by atoms with Crippen molar-refractivity contribution in [2.45, 2.75) is 39.8 Å². The van der Waals surface area contributed by atoms with Crippen LogP contribution in [0, 0.1) is 11.7 Å². The van der Waals surface area contributed by atoms with Crippen LogP contribution in [0.1, 0.15) is 32.8 Å². The van der Waals surface area contributed by atoms with E-state index in [-0.39, 0.29) is 5.82 Å². The van der Waals surface area contributed by atoms with E-state index in [0.29, 0.717) is 29.1 Å². The largest absolute Gasteiger partial charge is 0.310 e. The van der Waals surface area contributed by atoms with Crippen LogP contribution < -0.4 is 5.32 Å². The molecule has 1 aromatic rings. The van der Waals surface area contributed by atoms with Gasteiger partial charge in [-0.1, -0.05) is 31.9 Å². The lowest BCUT2D eigenvalue weighted by molar-refractivity contribution is 0.386. The fourth-order valence-corrected chi connectivity index (χ4v) is 1.70. The van der Waals surface area contributed by atoms with Crippen LogP contribution in [0.4, 0.5) is 4.39 Å². The fourth-order valence-electron chi connectivity index (χ4n) is 1.50. The number of rotatable bonds is 5. The molecule has 0 fully saturated rings. The summed E-state index contributed by atoms with van der Waals surface area (Å²) in [6.45, 7) is 6.99. The van der Waals surface area contributed by atoms with Gasteiger partial charge in [-0.25, -0.2) is 4.39 Å². The molecule has 90 valence electrons. The molecule has 0 aliphatic rings. The minimum absolute atomic E-state index is 0.201. The Morgan fingerprint density at radius 1 is 1.38 bits per heavy atom. The van der Waals surface area contributed by atoms with E-state index in [0.717, 1.165) is 6.42 Å². The van der Waals surface area contributed by atoms with Crippen molar-refractivity contribution in [3.05, 3.63) is 34.6 Å². The zero-order chi connectivity index (χ0) is 12.1. The summed E-state index contributed by atoms with van der Waals surface area (Å²) >= 11 is 5.83. The summed E-state index contributed by atoms with van der Waals surface area (Å²) in [7, 11) is 0. The summed E-state index contributed by atoms with van der Waals surface area (Å²) in [5.74, 6) is 0.385. The molecule has 2 unspecified atom stereocenters. The van der Waals surface area contributed by atoms with Gasteiger partial charge in [0.2, 0.25) is 0 Å². The quantitative estimate of drug-likeness (QED) is 0.824. The van der Waals surface area contributed by atoms with Crippen LogP contribution in [0.25, 0.3) is 0 Å². The molecule has 1 aromatic carbocycles. The number of hydrogen-bond donors (Lipinski definition) is 1. The van der Waals surface area contributed by atoms with Crippen LogP contribution >= 0.6 is 11.6 Å². The summed E-state index contributed by atoms with van der Waals surface area (Å²) in [6.07, 6.45) is 1.12. The van der Waals surface area contributed by atoms with Gasteiger partial charge in [-0.05, 0) is 31.0 Å². The molecule has 16 heavy (non-hydrogen) atoms. The summed E-state index contributed by atoms with van der Waals surface area (Å²) in [5.41, 5.74) is 0.627. The number of hydrogen-bond acceptors (Lipinski definition) is 1. The molecular weight excluding hydrogens is 225 g/mol. The third kappa shape index (κ3) is 3.76. The molecule has 0 aliphatic heterocycles. The first kappa shape index (κ1) is 13.5. The van der Waals surface area contributed by atoms with Gasteiger partial charge in [-0.2, -0.15) is 0 Å². The second-order valence-corrected chi connectivity index (χ2v) is 4.73. The number of benzene rings is 1. The van der Waals surface area contributed by atoms with Crippen molar-refractivity contribution >= 4 is 11.6 Å². The predicted octanol–water partition coefficient (Wildman–Crippen LogP) is 4.00. The van der Waals surface area contributed by atoms with E-state index in [4.69, 9.17) is 11.6 Å². The summed E-state index contributed by atoms with van der Waals surface area (Å²) in [4.78, 5) is 0. The van der Waals surface area contributed by atoms with E-state index in [1.165, 1.54) is 6.07 Å². The molecule has 0 spiro atoms. The second-order valence-electron chi connectivity index (χ2n) is 4.29. The number of halogens is 2. The Kier molecular flexibility index (Phi) is 5.23. The molecule has 0 bridgehead atoms. The normalized spacial score (nSPS) is 14.8. The average molecular weight is 244 g/mol. The molecule has 0 radical (unpaired) electrons. The molecule has 1 nitrogen and oxygen atoms in total. The summed E-state index contributed by atoms with van der Waals surface area (Å²) < 4.78 is 13.4. The maximum Gasteiger partial charge on any atom is 0.127 e. The summed E-state index contributed by atoms with van der Waals surface area (Å²) in [5, 5.41) is 3.90. The van der Waals surface area contributed by atoms with E-state index in [1.54, 1.807) is 12.1 Å². The zero-order valence-electron chi connectivity index (χ0n) is 10.1. The lowest BCUT2D eigenvalue weighted by Crippen LogP contribution is -2.31. The number of nitrogens with one attached hydrogen (secondary N) is 1. The minimum atomic E-state index is -0.201. The molecule has 1 N–H and O–H groups in total. The van der Waals surface area contributed by atoms with Crippen LogP contribution in [0.5, 0.6) is 0 Å². The van der Waals surface area contributed by atoms with Crippen LogP contribution in [-0.4, -0.2) is 6.04 Å². The van der Waals surface area contributed by atoms with Gasteiger partial charge in [0.05, 0.1) is 0 Å². The molecule has 0 aromatic heterocycles.